The van der Waals surface area contributed by atoms with E-state index in [-0.39, 0.29) is 5.82 Å². The van der Waals surface area contributed by atoms with Crippen LogP contribution in [0.25, 0.3) is 55.8 Å². The van der Waals surface area contributed by atoms with Gasteiger partial charge in [0.1, 0.15) is 22.8 Å². The average Bonchev–Trinajstić information content (AvgIpc) is 3.57. The summed E-state index contributed by atoms with van der Waals surface area (Å²) in [5.74, 6) is -0.449. The second-order valence-corrected chi connectivity index (χ2v) is 10.3. The van der Waals surface area contributed by atoms with Crippen LogP contribution in [0.1, 0.15) is 0 Å². The van der Waals surface area contributed by atoms with Crippen molar-refractivity contribution in [2.45, 2.75) is 0 Å². The van der Waals surface area contributed by atoms with Crippen molar-refractivity contribution >= 4 is 33.4 Å². The second kappa shape index (κ2) is 10.6. The number of hydrogen-bond donors (Lipinski definition) is 3. The Morgan fingerprint density at radius 1 is 0.927 bits per heavy atom. The lowest BCUT2D eigenvalue weighted by atomic mass is 10.0. The van der Waals surface area contributed by atoms with E-state index in [1.165, 1.54) is 12.1 Å². The molecule has 6 rings (SSSR count). The van der Waals surface area contributed by atoms with Gasteiger partial charge in [-0.05, 0) is 62.1 Å². The fourth-order valence-corrected chi connectivity index (χ4v) is 4.81. The van der Waals surface area contributed by atoms with Crippen molar-refractivity contribution in [3.8, 4) is 33.8 Å². The van der Waals surface area contributed by atoms with Crippen LogP contribution >= 0.6 is 0 Å². The van der Waals surface area contributed by atoms with Crippen molar-refractivity contribution in [3.05, 3.63) is 72.7 Å². The van der Waals surface area contributed by atoms with E-state index in [0.717, 1.165) is 12.2 Å². The van der Waals surface area contributed by atoms with E-state index in [2.05, 4.69) is 30.5 Å². The van der Waals surface area contributed by atoms with Gasteiger partial charge >= 0.3 is 0 Å². The van der Waals surface area contributed by atoms with Gasteiger partial charge < -0.3 is 20.1 Å². The van der Waals surface area contributed by atoms with Gasteiger partial charge in [0.25, 0.3) is 0 Å². The van der Waals surface area contributed by atoms with Gasteiger partial charge in [-0.2, -0.15) is 5.10 Å². The Kier molecular flexibility index (Phi) is 6.80. The number of benzene rings is 2. The van der Waals surface area contributed by atoms with Crippen LogP contribution in [0, 0.1) is 11.6 Å². The fourth-order valence-electron chi connectivity index (χ4n) is 4.81. The van der Waals surface area contributed by atoms with E-state index in [4.69, 9.17) is 4.98 Å². The van der Waals surface area contributed by atoms with Gasteiger partial charge in [-0.1, -0.05) is 0 Å². The molecule has 0 spiro atoms. The molecule has 3 N–H and O–H groups in total. The Bertz CT molecular complexity index is 1870. The van der Waals surface area contributed by atoms with Crippen LogP contribution in [0.3, 0.4) is 0 Å². The topological polar surface area (TPSA) is 102 Å². The number of aromatic nitrogens is 6. The zero-order valence-electron chi connectivity index (χ0n) is 23.1. The van der Waals surface area contributed by atoms with E-state index in [0.29, 0.717) is 68.1 Å². The number of H-pyrrole nitrogens is 2. The average molecular weight is 554 g/mol. The van der Waals surface area contributed by atoms with Crippen molar-refractivity contribution in [2.24, 2.45) is 0 Å². The summed E-state index contributed by atoms with van der Waals surface area (Å²) >= 11 is 0. The third kappa shape index (κ3) is 5.07. The number of likely N-dealkylation sites (N-methyl/N-ethyl adjacent to an activating group) is 1. The van der Waals surface area contributed by atoms with Crippen LogP contribution in [0.4, 0.5) is 20.2 Å². The number of nitrogens with zero attached hydrogens (tertiary/aromatic N) is 6. The molecule has 0 amide bonds. The first-order valence-electron chi connectivity index (χ1n) is 13.1. The molecule has 0 aliphatic rings. The molecule has 0 aliphatic carbocycles. The van der Waals surface area contributed by atoms with Gasteiger partial charge in [0.05, 0.1) is 22.8 Å². The Labute approximate surface area is 235 Å². The third-order valence-electron chi connectivity index (χ3n) is 6.92. The van der Waals surface area contributed by atoms with Gasteiger partial charge in [0, 0.05) is 62.0 Å². The van der Waals surface area contributed by atoms with E-state index >= 15 is 4.39 Å². The standard InChI is InChI=1S/C30H29F2N9/c1-40(2)10-9-34-20-12-17(11-19(31)14-20)23-7-8-35-29-27(23)36-30(37-29)28-25-24(38-39-28)6-5-22(26(25)32)18-13-21(41(3)4)16-33-15-18/h5-8,11-16,34H,9-10H2,1-4H3,(H,38,39)(H,35,36,37). The minimum atomic E-state index is -0.434. The molecule has 0 atom stereocenters. The number of rotatable bonds is 8. The van der Waals surface area contributed by atoms with E-state index in [1.807, 2.05) is 50.1 Å². The van der Waals surface area contributed by atoms with Gasteiger partial charge in [-0.25, -0.2) is 18.7 Å². The predicted octanol–water partition coefficient (Wildman–Crippen LogP) is 5.55. The van der Waals surface area contributed by atoms with Crippen molar-refractivity contribution < 1.29 is 8.78 Å². The van der Waals surface area contributed by atoms with Crippen LogP contribution in [0.15, 0.2) is 61.1 Å². The van der Waals surface area contributed by atoms with Crippen molar-refractivity contribution in [1.29, 1.82) is 0 Å². The summed E-state index contributed by atoms with van der Waals surface area (Å²) in [4.78, 5) is 20.6. The molecule has 11 heteroatoms. The summed E-state index contributed by atoms with van der Waals surface area (Å²) in [6.45, 7) is 1.48. The molecule has 0 saturated carbocycles. The number of pyridine rings is 2. The molecular weight excluding hydrogens is 524 g/mol. The number of fused-ring (bicyclic) bond motifs is 2. The minimum Gasteiger partial charge on any atom is -0.384 e. The Hall–Kier alpha value is -4.90. The van der Waals surface area contributed by atoms with Gasteiger partial charge in [-0.3, -0.25) is 10.1 Å². The predicted molar refractivity (Wildman–Crippen MR) is 159 cm³/mol. The van der Waals surface area contributed by atoms with Crippen LogP contribution in [-0.2, 0) is 0 Å². The quantitative estimate of drug-likeness (QED) is 0.227. The van der Waals surface area contributed by atoms with Crippen molar-refractivity contribution in [2.75, 3.05) is 51.5 Å². The molecule has 0 bridgehead atoms. The molecule has 0 aliphatic heterocycles. The zero-order chi connectivity index (χ0) is 28.7. The number of anilines is 2. The van der Waals surface area contributed by atoms with E-state index in [9.17, 15) is 4.39 Å². The molecule has 41 heavy (non-hydrogen) atoms. The SMILES string of the molecule is CN(C)CCNc1cc(F)cc(-c2ccnc3[nH]c(-c4n[nH]c5ccc(-c6cncc(N(C)C)c6)c(F)c45)nc23)c1. The third-order valence-corrected chi connectivity index (χ3v) is 6.92. The molecule has 0 unspecified atom stereocenters. The summed E-state index contributed by atoms with van der Waals surface area (Å²) in [6.07, 6.45) is 5.00. The number of nitrogens with one attached hydrogen (secondary N) is 3. The van der Waals surface area contributed by atoms with Crippen LogP contribution in [0.2, 0.25) is 0 Å². The van der Waals surface area contributed by atoms with Crippen LogP contribution in [0.5, 0.6) is 0 Å². The van der Waals surface area contributed by atoms with E-state index < -0.39 is 5.82 Å². The Morgan fingerprint density at radius 3 is 2.59 bits per heavy atom. The molecule has 0 radical (unpaired) electrons. The van der Waals surface area contributed by atoms with E-state index in [1.54, 1.807) is 36.8 Å². The Morgan fingerprint density at radius 2 is 1.78 bits per heavy atom. The number of aromatic amines is 2. The molecule has 0 fully saturated rings. The summed E-state index contributed by atoms with van der Waals surface area (Å²) in [5, 5.41) is 10.9. The van der Waals surface area contributed by atoms with Crippen molar-refractivity contribution in [3.63, 3.8) is 0 Å². The molecule has 2 aromatic carbocycles. The normalized spacial score (nSPS) is 11.6. The highest BCUT2D eigenvalue weighted by Crippen LogP contribution is 2.36. The first kappa shape index (κ1) is 26.3. The van der Waals surface area contributed by atoms with Crippen molar-refractivity contribution in [1.82, 2.24) is 35.0 Å². The smallest absolute Gasteiger partial charge is 0.161 e. The molecule has 0 saturated heterocycles. The highest BCUT2D eigenvalue weighted by Gasteiger charge is 2.21. The van der Waals surface area contributed by atoms with Crippen LogP contribution < -0.4 is 10.2 Å². The maximum atomic E-state index is 16.1. The van der Waals surface area contributed by atoms with Gasteiger partial charge in [0.15, 0.2) is 11.5 Å². The summed E-state index contributed by atoms with van der Waals surface area (Å²) in [5.41, 5.74) is 5.80. The molecule has 6 aromatic rings. The zero-order valence-corrected chi connectivity index (χ0v) is 23.1. The molecule has 4 heterocycles. The van der Waals surface area contributed by atoms with Gasteiger partial charge in [-0.15, -0.1) is 0 Å². The first-order valence-corrected chi connectivity index (χ1v) is 13.1. The maximum absolute atomic E-state index is 16.1. The lowest BCUT2D eigenvalue weighted by Crippen LogP contribution is -2.20. The molecule has 9 nitrogen and oxygen atoms in total. The monoisotopic (exact) mass is 553 g/mol. The highest BCUT2D eigenvalue weighted by atomic mass is 19.1. The molecule has 4 aromatic heterocycles. The number of halogens is 2. The summed E-state index contributed by atoms with van der Waals surface area (Å²) in [7, 11) is 7.78. The van der Waals surface area contributed by atoms with Crippen LogP contribution in [-0.4, -0.2) is 76.3 Å². The largest absolute Gasteiger partial charge is 0.384 e. The first-order chi connectivity index (χ1) is 19.8. The second-order valence-electron chi connectivity index (χ2n) is 10.3. The molecular formula is C30H29F2N9. The summed E-state index contributed by atoms with van der Waals surface area (Å²) < 4.78 is 30.7. The lowest BCUT2D eigenvalue weighted by molar-refractivity contribution is 0.425. The minimum absolute atomic E-state index is 0.302. The van der Waals surface area contributed by atoms with Gasteiger partial charge in [0.2, 0.25) is 0 Å². The highest BCUT2D eigenvalue weighted by molar-refractivity contribution is 5.98. The molecule has 208 valence electrons. The summed E-state index contributed by atoms with van der Waals surface area (Å²) in [6, 6.07) is 12.0. The Balaban J connectivity index is 1.42. The maximum Gasteiger partial charge on any atom is 0.161 e. The fraction of sp³-hybridized carbons (Fsp3) is 0.200. The lowest BCUT2D eigenvalue weighted by Gasteiger charge is -2.13. The number of imidazole rings is 1. The number of hydrogen-bond acceptors (Lipinski definition) is 7.